The number of aliphatic hydroxyl groups is 1. The molecule has 27 heavy (non-hydrogen) atoms. The highest BCUT2D eigenvalue weighted by atomic mass is 16.5. The Morgan fingerprint density at radius 1 is 0.815 bits per heavy atom. The second-order valence-electron chi connectivity index (χ2n) is 6.87. The number of phenols is 1. The van der Waals surface area contributed by atoms with Crippen LogP contribution in [0.4, 0.5) is 0 Å². The summed E-state index contributed by atoms with van der Waals surface area (Å²) in [6.45, 7) is 4.48. The summed E-state index contributed by atoms with van der Waals surface area (Å²) in [5.74, 6) is 2.49. The number of hydrogen-bond donors (Lipinski definition) is 2. The molecule has 0 radical (unpaired) electrons. The van der Waals surface area contributed by atoms with Crippen LogP contribution in [0.2, 0.25) is 0 Å². The van der Waals surface area contributed by atoms with Crippen LogP contribution in [0.15, 0.2) is 36.4 Å². The largest absolute Gasteiger partial charge is 0.504 e. The molecule has 5 heteroatoms. The highest BCUT2D eigenvalue weighted by Gasteiger charge is 2.27. The van der Waals surface area contributed by atoms with Crippen molar-refractivity contribution in [3.8, 4) is 23.0 Å². The first kappa shape index (κ1) is 20.9. The van der Waals surface area contributed by atoms with Crippen molar-refractivity contribution >= 4 is 0 Å². The highest BCUT2D eigenvalue weighted by molar-refractivity contribution is 5.49. The lowest BCUT2D eigenvalue weighted by atomic mass is 9.75. The molecule has 2 rings (SSSR count). The van der Waals surface area contributed by atoms with Gasteiger partial charge in [0.05, 0.1) is 21.3 Å². The zero-order valence-corrected chi connectivity index (χ0v) is 16.7. The molecule has 2 N–H and O–H groups in total. The zero-order valence-electron chi connectivity index (χ0n) is 16.7. The van der Waals surface area contributed by atoms with Gasteiger partial charge in [0, 0.05) is 12.5 Å². The summed E-state index contributed by atoms with van der Waals surface area (Å²) >= 11 is 0. The lowest BCUT2D eigenvalue weighted by molar-refractivity contribution is 0.227. The minimum Gasteiger partial charge on any atom is -0.504 e. The molecule has 3 unspecified atom stereocenters. The Labute approximate surface area is 161 Å². The van der Waals surface area contributed by atoms with Crippen LogP contribution < -0.4 is 14.2 Å². The number of methoxy groups -OCH3 is 3. The average molecular weight is 374 g/mol. The van der Waals surface area contributed by atoms with Gasteiger partial charge in [0.15, 0.2) is 23.0 Å². The van der Waals surface area contributed by atoms with Crippen LogP contribution in [0.1, 0.15) is 37.3 Å². The number of aliphatic hydroxyl groups excluding tert-OH is 1. The normalized spacial score (nSPS) is 14.3. The van der Waals surface area contributed by atoms with Crippen LogP contribution >= 0.6 is 0 Å². The van der Waals surface area contributed by atoms with Crippen LogP contribution in [-0.4, -0.2) is 38.1 Å². The third kappa shape index (κ3) is 4.66. The molecule has 0 aliphatic rings. The SMILES string of the molecule is COc1cc(C(c2ccc(OC)c(OC)c2)C(C)C(C)CCO)ccc1O. The third-order valence-electron chi connectivity index (χ3n) is 5.34. The van der Waals surface area contributed by atoms with Crippen molar-refractivity contribution in [2.24, 2.45) is 11.8 Å². The van der Waals surface area contributed by atoms with E-state index in [0.717, 1.165) is 17.5 Å². The van der Waals surface area contributed by atoms with Gasteiger partial charge >= 0.3 is 0 Å². The fraction of sp³-hybridized carbons (Fsp3) is 0.455. The minimum atomic E-state index is 0.0425. The smallest absolute Gasteiger partial charge is 0.161 e. The Hall–Kier alpha value is -2.40. The van der Waals surface area contributed by atoms with Crippen LogP contribution in [0, 0.1) is 11.8 Å². The summed E-state index contributed by atoms with van der Waals surface area (Å²) < 4.78 is 16.2. The van der Waals surface area contributed by atoms with Crippen LogP contribution in [-0.2, 0) is 0 Å². The predicted octanol–water partition coefficient (Wildman–Crippen LogP) is 4.20. The number of rotatable bonds is 9. The number of hydrogen-bond acceptors (Lipinski definition) is 5. The fourth-order valence-corrected chi connectivity index (χ4v) is 3.53. The molecule has 2 aromatic rings. The van der Waals surface area contributed by atoms with Gasteiger partial charge in [-0.15, -0.1) is 0 Å². The highest BCUT2D eigenvalue weighted by Crippen LogP contribution is 2.42. The molecule has 0 fully saturated rings. The van der Waals surface area contributed by atoms with Gasteiger partial charge in [-0.3, -0.25) is 0 Å². The molecule has 2 aromatic carbocycles. The van der Waals surface area contributed by atoms with Crippen molar-refractivity contribution in [1.82, 2.24) is 0 Å². The van der Waals surface area contributed by atoms with E-state index in [-0.39, 0.29) is 24.2 Å². The standard InChI is InChI=1S/C22H30O5/c1-14(10-11-23)15(2)22(16-6-8-18(24)20(12-16)26-4)17-7-9-19(25-3)21(13-17)27-5/h6-9,12-15,22-24H,10-11H2,1-5H3. The van der Waals surface area contributed by atoms with Gasteiger partial charge in [-0.25, -0.2) is 0 Å². The van der Waals surface area contributed by atoms with Crippen LogP contribution in [0.3, 0.4) is 0 Å². The Kier molecular flexibility index (Phi) is 7.36. The summed E-state index contributed by atoms with van der Waals surface area (Å²) in [5, 5.41) is 19.4. The van der Waals surface area contributed by atoms with E-state index in [1.54, 1.807) is 27.4 Å². The van der Waals surface area contributed by atoms with Crippen molar-refractivity contribution in [3.05, 3.63) is 47.5 Å². The summed E-state index contributed by atoms with van der Waals surface area (Å²) in [4.78, 5) is 0. The Balaban J connectivity index is 2.56. The Bertz CT molecular complexity index is 743. The van der Waals surface area contributed by atoms with Crippen molar-refractivity contribution in [2.75, 3.05) is 27.9 Å². The molecule has 3 atom stereocenters. The molecule has 0 aliphatic heterocycles. The summed E-state index contributed by atoms with van der Waals surface area (Å²) in [6, 6.07) is 11.4. The van der Waals surface area contributed by atoms with Crippen LogP contribution in [0.5, 0.6) is 23.0 Å². The minimum absolute atomic E-state index is 0.0425. The van der Waals surface area contributed by atoms with Crippen LogP contribution in [0.25, 0.3) is 0 Å². The van der Waals surface area contributed by atoms with E-state index in [4.69, 9.17) is 14.2 Å². The topological polar surface area (TPSA) is 68.2 Å². The van der Waals surface area contributed by atoms with E-state index in [9.17, 15) is 10.2 Å². The average Bonchev–Trinajstić information content (AvgIpc) is 2.69. The second-order valence-corrected chi connectivity index (χ2v) is 6.87. The van der Waals surface area contributed by atoms with Gasteiger partial charge in [0.1, 0.15) is 0 Å². The molecular formula is C22H30O5. The molecule has 0 saturated carbocycles. The monoisotopic (exact) mass is 374 g/mol. The van der Waals surface area contributed by atoms with E-state index in [2.05, 4.69) is 13.8 Å². The maximum Gasteiger partial charge on any atom is 0.161 e. The van der Waals surface area contributed by atoms with Gasteiger partial charge in [-0.1, -0.05) is 26.0 Å². The molecule has 0 heterocycles. The van der Waals surface area contributed by atoms with Gasteiger partial charge in [-0.2, -0.15) is 0 Å². The first-order valence-electron chi connectivity index (χ1n) is 9.16. The molecule has 0 spiro atoms. The van der Waals surface area contributed by atoms with Crippen molar-refractivity contribution < 1.29 is 24.4 Å². The molecule has 0 aromatic heterocycles. The quantitative estimate of drug-likeness (QED) is 0.688. The first-order valence-corrected chi connectivity index (χ1v) is 9.16. The van der Waals surface area contributed by atoms with Crippen molar-refractivity contribution in [3.63, 3.8) is 0 Å². The molecule has 0 amide bonds. The molecule has 5 nitrogen and oxygen atoms in total. The van der Waals surface area contributed by atoms with E-state index in [0.29, 0.717) is 23.2 Å². The van der Waals surface area contributed by atoms with Crippen molar-refractivity contribution in [2.45, 2.75) is 26.2 Å². The lowest BCUT2D eigenvalue weighted by Crippen LogP contribution is -2.20. The molecule has 0 saturated heterocycles. The number of ether oxygens (including phenoxy) is 3. The molecule has 0 aliphatic carbocycles. The van der Waals surface area contributed by atoms with Gasteiger partial charge in [0.2, 0.25) is 0 Å². The van der Waals surface area contributed by atoms with Crippen molar-refractivity contribution in [1.29, 1.82) is 0 Å². The maximum absolute atomic E-state index is 9.98. The lowest BCUT2D eigenvalue weighted by Gasteiger charge is -2.30. The van der Waals surface area contributed by atoms with E-state index in [1.165, 1.54) is 0 Å². The first-order chi connectivity index (χ1) is 13.0. The number of phenolic OH excluding ortho intramolecular Hbond substituents is 1. The predicted molar refractivity (Wildman–Crippen MR) is 106 cm³/mol. The van der Waals surface area contributed by atoms with E-state index in [1.807, 2.05) is 30.3 Å². The fourth-order valence-electron chi connectivity index (χ4n) is 3.53. The Morgan fingerprint density at radius 3 is 1.93 bits per heavy atom. The summed E-state index contributed by atoms with van der Waals surface area (Å²) in [5.41, 5.74) is 2.12. The Morgan fingerprint density at radius 2 is 1.37 bits per heavy atom. The van der Waals surface area contributed by atoms with Gasteiger partial charge in [-0.05, 0) is 53.6 Å². The zero-order chi connectivity index (χ0) is 20.0. The van der Waals surface area contributed by atoms with Gasteiger partial charge < -0.3 is 24.4 Å². The molecule has 0 bridgehead atoms. The summed E-state index contributed by atoms with van der Waals surface area (Å²) in [7, 11) is 4.78. The van der Waals surface area contributed by atoms with Gasteiger partial charge in [0.25, 0.3) is 0 Å². The van der Waals surface area contributed by atoms with E-state index >= 15 is 0 Å². The molecular weight excluding hydrogens is 344 g/mol. The number of aromatic hydroxyl groups is 1. The second kappa shape index (κ2) is 9.51. The van der Waals surface area contributed by atoms with E-state index < -0.39 is 0 Å². The number of benzene rings is 2. The summed E-state index contributed by atoms with van der Waals surface area (Å²) in [6.07, 6.45) is 0.722. The third-order valence-corrected chi connectivity index (χ3v) is 5.34. The maximum atomic E-state index is 9.98. The molecule has 148 valence electrons.